The second kappa shape index (κ2) is 8.42. The van der Waals surface area contributed by atoms with Crippen molar-refractivity contribution in [1.29, 1.82) is 0 Å². The van der Waals surface area contributed by atoms with Crippen LogP contribution in [0, 0.1) is 6.92 Å². The molecule has 1 aliphatic rings. The van der Waals surface area contributed by atoms with E-state index in [-0.39, 0.29) is 16.4 Å². The van der Waals surface area contributed by atoms with Crippen molar-refractivity contribution in [2.24, 2.45) is 7.05 Å². The quantitative estimate of drug-likeness (QED) is 0.567. The summed E-state index contributed by atoms with van der Waals surface area (Å²) in [5.41, 5.74) is 2.02. The third-order valence-corrected chi connectivity index (χ3v) is 9.20. The molecule has 0 atom stereocenters. The van der Waals surface area contributed by atoms with E-state index in [9.17, 15) is 18.0 Å². The molecule has 0 bridgehead atoms. The number of benzene rings is 1. The molecule has 0 aliphatic carbocycles. The third-order valence-electron chi connectivity index (χ3n) is 5.96. The fourth-order valence-corrected chi connectivity index (χ4v) is 6.79. The fourth-order valence-electron chi connectivity index (χ4n) is 4.19. The molecule has 1 aliphatic heterocycles. The van der Waals surface area contributed by atoms with Gasteiger partial charge in [-0.3, -0.25) is 9.59 Å². The van der Waals surface area contributed by atoms with Crippen LogP contribution in [0.15, 0.2) is 34.2 Å². The van der Waals surface area contributed by atoms with Crippen LogP contribution in [0.3, 0.4) is 0 Å². The molecule has 10 heteroatoms. The number of fused-ring (bicyclic) bond motifs is 2. The van der Waals surface area contributed by atoms with Gasteiger partial charge in [0.15, 0.2) is 0 Å². The normalized spacial score (nSPS) is 14.2. The molecule has 0 N–H and O–H groups in total. The maximum Gasteiger partial charge on any atom is 0.268 e. The Morgan fingerprint density at radius 1 is 1.25 bits per heavy atom. The zero-order valence-corrected chi connectivity index (χ0v) is 20.2. The molecule has 32 heavy (non-hydrogen) atoms. The van der Waals surface area contributed by atoms with Crippen LogP contribution in [-0.2, 0) is 23.5 Å². The van der Waals surface area contributed by atoms with Crippen molar-refractivity contribution >= 4 is 43.2 Å². The van der Waals surface area contributed by atoms with Crippen molar-refractivity contribution in [2.75, 3.05) is 24.5 Å². The topological polar surface area (TPSA) is 92.6 Å². The molecular formula is C22H26N4O4S2. The number of sulfonamides is 1. The van der Waals surface area contributed by atoms with E-state index < -0.39 is 10.0 Å². The summed E-state index contributed by atoms with van der Waals surface area (Å²) < 4.78 is 28.7. The predicted octanol–water partition coefficient (Wildman–Crippen LogP) is 2.93. The molecule has 0 saturated heterocycles. The molecule has 2 aromatic heterocycles. The van der Waals surface area contributed by atoms with E-state index in [0.29, 0.717) is 46.7 Å². The molecular weight excluding hydrogens is 448 g/mol. The maximum atomic E-state index is 13.5. The average Bonchev–Trinajstić information content (AvgIpc) is 3.12. The first-order chi connectivity index (χ1) is 15.2. The monoisotopic (exact) mass is 474 g/mol. The van der Waals surface area contributed by atoms with Crippen molar-refractivity contribution in [3.63, 3.8) is 0 Å². The first-order valence-corrected chi connectivity index (χ1v) is 12.9. The summed E-state index contributed by atoms with van der Waals surface area (Å²) in [4.78, 5) is 33.3. The molecule has 3 aromatic rings. The molecule has 1 amide bonds. The van der Waals surface area contributed by atoms with Crippen molar-refractivity contribution in [1.82, 2.24) is 13.9 Å². The molecule has 0 fully saturated rings. The summed E-state index contributed by atoms with van der Waals surface area (Å²) >= 11 is 1.22. The summed E-state index contributed by atoms with van der Waals surface area (Å²) in [6.07, 6.45) is 2.90. The Labute approximate surface area is 191 Å². The predicted molar refractivity (Wildman–Crippen MR) is 126 cm³/mol. The standard InChI is InChI=1S/C22H26N4O4S2/c1-5-25(6-2)32(29,30)16-9-10-17-15(12-16)8-7-11-26(17)22(28)19-14(3)18-20(31-19)23-13-24(4)21(18)27/h9-10,12-13H,5-8,11H2,1-4H3. The highest BCUT2D eigenvalue weighted by Crippen LogP contribution is 2.34. The summed E-state index contributed by atoms with van der Waals surface area (Å²) in [5, 5.41) is 0.473. The Morgan fingerprint density at radius 3 is 2.66 bits per heavy atom. The minimum absolute atomic E-state index is 0.173. The Bertz CT molecular complexity index is 1370. The van der Waals surface area contributed by atoms with E-state index in [4.69, 9.17) is 0 Å². The SMILES string of the molecule is CCN(CC)S(=O)(=O)c1ccc2c(c1)CCCN2C(=O)c1sc2ncn(C)c(=O)c2c1C. The van der Waals surface area contributed by atoms with E-state index in [0.717, 1.165) is 17.7 Å². The van der Waals surface area contributed by atoms with E-state index in [1.807, 2.05) is 13.8 Å². The van der Waals surface area contributed by atoms with Crippen LogP contribution < -0.4 is 10.5 Å². The molecule has 1 aromatic carbocycles. The van der Waals surface area contributed by atoms with Crippen molar-refractivity contribution in [3.8, 4) is 0 Å². The Hall–Kier alpha value is -2.56. The molecule has 4 rings (SSSR count). The molecule has 0 spiro atoms. The fraction of sp³-hybridized carbons (Fsp3) is 0.409. The Kier molecular flexibility index (Phi) is 5.95. The van der Waals surface area contributed by atoms with Crippen molar-refractivity contribution in [3.05, 3.63) is 50.9 Å². The molecule has 0 radical (unpaired) electrons. The lowest BCUT2D eigenvalue weighted by Crippen LogP contribution is -2.36. The number of aryl methyl sites for hydroxylation is 3. The zero-order valence-electron chi connectivity index (χ0n) is 18.6. The number of thiophene rings is 1. The van der Waals surface area contributed by atoms with Crippen LogP contribution in [0.4, 0.5) is 5.69 Å². The van der Waals surface area contributed by atoms with Crippen LogP contribution in [0.1, 0.15) is 41.1 Å². The minimum atomic E-state index is -3.57. The third kappa shape index (κ3) is 3.56. The van der Waals surface area contributed by atoms with Crippen LogP contribution in [0.5, 0.6) is 0 Å². The number of hydrogen-bond donors (Lipinski definition) is 0. The summed E-state index contributed by atoms with van der Waals surface area (Å²) in [6, 6.07) is 4.99. The number of nitrogens with zero attached hydrogens (tertiary/aromatic N) is 4. The lowest BCUT2D eigenvalue weighted by atomic mass is 10.0. The van der Waals surface area contributed by atoms with Crippen LogP contribution in [-0.4, -0.2) is 47.8 Å². The highest BCUT2D eigenvalue weighted by Gasteiger charge is 2.30. The van der Waals surface area contributed by atoms with E-state index in [1.54, 1.807) is 37.1 Å². The zero-order chi connectivity index (χ0) is 23.2. The van der Waals surface area contributed by atoms with Gasteiger partial charge in [-0.25, -0.2) is 13.4 Å². The number of anilines is 1. The lowest BCUT2D eigenvalue weighted by molar-refractivity contribution is 0.0988. The second-order valence-corrected chi connectivity index (χ2v) is 10.8. The average molecular weight is 475 g/mol. The summed E-state index contributed by atoms with van der Waals surface area (Å²) in [7, 11) is -1.93. The van der Waals surface area contributed by atoms with Gasteiger partial charge in [0.1, 0.15) is 4.83 Å². The highest BCUT2D eigenvalue weighted by atomic mass is 32.2. The molecule has 0 unspecified atom stereocenters. The van der Waals surface area contributed by atoms with Crippen LogP contribution in [0.2, 0.25) is 0 Å². The van der Waals surface area contributed by atoms with Crippen molar-refractivity contribution in [2.45, 2.75) is 38.5 Å². The first-order valence-electron chi connectivity index (χ1n) is 10.6. The Morgan fingerprint density at radius 2 is 1.97 bits per heavy atom. The molecule has 0 saturated carbocycles. The second-order valence-electron chi connectivity index (χ2n) is 7.84. The van der Waals surface area contributed by atoms with Crippen molar-refractivity contribution < 1.29 is 13.2 Å². The highest BCUT2D eigenvalue weighted by molar-refractivity contribution is 7.89. The molecule has 170 valence electrons. The lowest BCUT2D eigenvalue weighted by Gasteiger charge is -2.30. The van der Waals surface area contributed by atoms with Gasteiger partial charge < -0.3 is 9.47 Å². The van der Waals surface area contributed by atoms with E-state index in [2.05, 4.69) is 4.98 Å². The van der Waals surface area contributed by atoms with Crippen LogP contribution in [0.25, 0.3) is 10.2 Å². The molecule has 8 nitrogen and oxygen atoms in total. The van der Waals surface area contributed by atoms with Gasteiger partial charge in [0.05, 0.1) is 21.5 Å². The maximum absolute atomic E-state index is 13.5. The summed E-state index contributed by atoms with van der Waals surface area (Å²) in [6.45, 7) is 6.75. The van der Waals surface area contributed by atoms with Gasteiger partial charge in [-0.1, -0.05) is 13.8 Å². The number of carbonyl (C=O) groups excluding carboxylic acids is 1. The number of amides is 1. The molecule has 3 heterocycles. The summed E-state index contributed by atoms with van der Waals surface area (Å²) in [5.74, 6) is -0.187. The van der Waals surface area contributed by atoms with Gasteiger partial charge in [0.25, 0.3) is 11.5 Å². The van der Waals surface area contributed by atoms with E-state index >= 15 is 0 Å². The van der Waals surface area contributed by atoms with Gasteiger partial charge in [-0.05, 0) is 49.1 Å². The number of carbonyl (C=O) groups is 1. The van der Waals surface area contributed by atoms with Gasteiger partial charge in [-0.2, -0.15) is 4.31 Å². The first kappa shape index (κ1) is 22.6. The van der Waals surface area contributed by atoms with E-state index in [1.165, 1.54) is 26.5 Å². The van der Waals surface area contributed by atoms with Crippen LogP contribution >= 0.6 is 11.3 Å². The number of rotatable bonds is 5. The number of hydrogen-bond acceptors (Lipinski definition) is 6. The van der Waals surface area contributed by atoms with Gasteiger partial charge in [0.2, 0.25) is 10.0 Å². The largest absolute Gasteiger partial charge is 0.307 e. The minimum Gasteiger partial charge on any atom is -0.307 e. The number of aromatic nitrogens is 2. The van der Waals surface area contributed by atoms with Gasteiger partial charge >= 0.3 is 0 Å². The van der Waals surface area contributed by atoms with Gasteiger partial charge in [-0.15, -0.1) is 11.3 Å². The smallest absolute Gasteiger partial charge is 0.268 e. The Balaban J connectivity index is 1.75. The van der Waals surface area contributed by atoms with Gasteiger partial charge in [0, 0.05) is 32.4 Å².